The molecule has 0 aliphatic rings. The number of carbonyl (C=O) groups excluding carboxylic acids is 1. The van der Waals surface area contributed by atoms with E-state index < -0.39 is 4.92 Å². The number of nitrogens with zero attached hydrogens (tertiary/aromatic N) is 3. The summed E-state index contributed by atoms with van der Waals surface area (Å²) in [5, 5.41) is 11.8. The molecule has 0 aliphatic carbocycles. The number of thiazole rings is 1. The molecule has 0 unspecified atom stereocenters. The SMILES string of the molecule is Cc1ncc(CN(C)C(=O)c2ccc(Cl)c([N+](=O)[O-])c2)s1. The van der Waals surface area contributed by atoms with E-state index in [1.807, 2.05) is 6.92 Å². The van der Waals surface area contributed by atoms with Crippen molar-refractivity contribution in [3.63, 3.8) is 0 Å². The highest BCUT2D eigenvalue weighted by Crippen LogP contribution is 2.26. The zero-order valence-corrected chi connectivity index (χ0v) is 12.9. The highest BCUT2D eigenvalue weighted by molar-refractivity contribution is 7.11. The normalized spacial score (nSPS) is 10.4. The van der Waals surface area contributed by atoms with Gasteiger partial charge in [-0.2, -0.15) is 0 Å². The summed E-state index contributed by atoms with van der Waals surface area (Å²) < 4.78 is 0. The summed E-state index contributed by atoms with van der Waals surface area (Å²) >= 11 is 7.24. The summed E-state index contributed by atoms with van der Waals surface area (Å²) in [7, 11) is 1.64. The van der Waals surface area contributed by atoms with Crippen molar-refractivity contribution >= 4 is 34.5 Å². The van der Waals surface area contributed by atoms with Crippen LogP contribution < -0.4 is 0 Å². The van der Waals surface area contributed by atoms with Crippen LogP contribution >= 0.6 is 22.9 Å². The molecule has 21 heavy (non-hydrogen) atoms. The van der Waals surface area contributed by atoms with Crippen molar-refractivity contribution in [2.45, 2.75) is 13.5 Å². The molecule has 0 N–H and O–H groups in total. The predicted octanol–water partition coefficient (Wildman–Crippen LogP) is 3.29. The lowest BCUT2D eigenvalue weighted by atomic mass is 10.2. The first kappa shape index (κ1) is 15.4. The Morgan fingerprint density at radius 1 is 1.52 bits per heavy atom. The Morgan fingerprint density at radius 2 is 2.24 bits per heavy atom. The van der Waals surface area contributed by atoms with Crippen molar-refractivity contribution in [2.24, 2.45) is 0 Å². The third-order valence-electron chi connectivity index (χ3n) is 2.80. The lowest BCUT2D eigenvalue weighted by Crippen LogP contribution is -2.25. The Hall–Kier alpha value is -1.99. The molecule has 2 rings (SSSR count). The topological polar surface area (TPSA) is 76.3 Å². The zero-order valence-electron chi connectivity index (χ0n) is 11.4. The quantitative estimate of drug-likeness (QED) is 0.638. The van der Waals surface area contributed by atoms with Crippen LogP contribution in [0.15, 0.2) is 24.4 Å². The van der Waals surface area contributed by atoms with Gasteiger partial charge < -0.3 is 4.90 Å². The lowest BCUT2D eigenvalue weighted by molar-refractivity contribution is -0.384. The molecule has 8 heteroatoms. The Labute approximate surface area is 130 Å². The van der Waals surface area contributed by atoms with Crippen LogP contribution in [0.3, 0.4) is 0 Å². The third-order valence-corrected chi connectivity index (χ3v) is 4.02. The van der Waals surface area contributed by atoms with Gasteiger partial charge in [0.1, 0.15) is 5.02 Å². The first-order valence-corrected chi connectivity index (χ1v) is 7.18. The number of benzene rings is 1. The molecule has 6 nitrogen and oxygen atoms in total. The minimum atomic E-state index is -0.605. The largest absolute Gasteiger partial charge is 0.337 e. The monoisotopic (exact) mass is 325 g/mol. The van der Waals surface area contributed by atoms with Crippen LogP contribution in [0.4, 0.5) is 5.69 Å². The smallest absolute Gasteiger partial charge is 0.288 e. The molecule has 0 radical (unpaired) electrons. The van der Waals surface area contributed by atoms with Crippen LogP contribution in [-0.4, -0.2) is 27.8 Å². The Bertz CT molecular complexity index is 702. The van der Waals surface area contributed by atoms with Crippen LogP contribution in [0.1, 0.15) is 20.2 Å². The van der Waals surface area contributed by atoms with Crippen LogP contribution in [0.25, 0.3) is 0 Å². The number of halogens is 1. The highest BCUT2D eigenvalue weighted by atomic mass is 35.5. The number of rotatable bonds is 4. The second-order valence-corrected chi connectivity index (χ2v) is 6.16. The van der Waals surface area contributed by atoms with Gasteiger partial charge in [0.05, 0.1) is 16.5 Å². The van der Waals surface area contributed by atoms with Crippen molar-refractivity contribution < 1.29 is 9.72 Å². The van der Waals surface area contributed by atoms with E-state index in [-0.39, 0.29) is 22.2 Å². The van der Waals surface area contributed by atoms with E-state index >= 15 is 0 Å². The van der Waals surface area contributed by atoms with Crippen LogP contribution in [0.2, 0.25) is 5.02 Å². The second-order valence-electron chi connectivity index (χ2n) is 4.43. The second kappa shape index (κ2) is 6.19. The van der Waals surface area contributed by atoms with Gasteiger partial charge in [-0.3, -0.25) is 14.9 Å². The molecular weight excluding hydrogens is 314 g/mol. The molecule has 0 aliphatic heterocycles. The molecule has 0 saturated carbocycles. The summed E-state index contributed by atoms with van der Waals surface area (Å²) in [4.78, 5) is 29.1. The lowest BCUT2D eigenvalue weighted by Gasteiger charge is -2.16. The van der Waals surface area contributed by atoms with Crippen molar-refractivity contribution in [3.8, 4) is 0 Å². The summed E-state index contributed by atoms with van der Waals surface area (Å²) in [6, 6.07) is 4.03. The number of aryl methyl sites for hydroxylation is 1. The summed E-state index contributed by atoms with van der Waals surface area (Å²) in [6.45, 7) is 2.29. The molecule has 110 valence electrons. The Balaban J connectivity index is 2.19. The fourth-order valence-corrected chi connectivity index (χ4v) is 2.82. The van der Waals surface area contributed by atoms with Crippen molar-refractivity contribution in [2.75, 3.05) is 7.05 Å². The van der Waals surface area contributed by atoms with Gasteiger partial charge in [0.15, 0.2) is 0 Å². The standard InChI is InChI=1S/C13H12ClN3O3S/c1-8-15-6-10(21-8)7-16(2)13(18)9-3-4-11(14)12(5-9)17(19)20/h3-6H,7H2,1-2H3. The van der Waals surface area contributed by atoms with Gasteiger partial charge in [-0.15, -0.1) is 11.3 Å². The number of amides is 1. The van der Waals surface area contributed by atoms with Gasteiger partial charge in [0.25, 0.3) is 11.6 Å². The molecule has 1 amide bonds. The highest BCUT2D eigenvalue weighted by Gasteiger charge is 2.19. The third kappa shape index (κ3) is 3.56. The minimum Gasteiger partial charge on any atom is -0.337 e. The molecule has 0 saturated heterocycles. The van der Waals surface area contributed by atoms with E-state index in [9.17, 15) is 14.9 Å². The van der Waals surface area contributed by atoms with Gasteiger partial charge in [0.2, 0.25) is 0 Å². The number of aromatic nitrogens is 1. The van der Waals surface area contributed by atoms with E-state index in [2.05, 4.69) is 4.98 Å². The van der Waals surface area contributed by atoms with Crippen molar-refractivity contribution in [1.29, 1.82) is 0 Å². The van der Waals surface area contributed by atoms with Crippen LogP contribution in [0, 0.1) is 17.0 Å². The molecule has 0 bridgehead atoms. The number of nitro benzene ring substituents is 1. The van der Waals surface area contributed by atoms with Gasteiger partial charge in [-0.1, -0.05) is 11.6 Å². The maximum atomic E-state index is 12.3. The predicted molar refractivity (Wildman–Crippen MR) is 80.8 cm³/mol. The van der Waals surface area contributed by atoms with Crippen molar-refractivity contribution in [1.82, 2.24) is 9.88 Å². The summed E-state index contributed by atoms with van der Waals surface area (Å²) in [5.74, 6) is -0.305. The van der Waals surface area contributed by atoms with Gasteiger partial charge >= 0.3 is 0 Å². The number of hydrogen-bond acceptors (Lipinski definition) is 5. The molecule has 1 aromatic carbocycles. The molecule has 0 atom stereocenters. The van der Waals surface area contributed by atoms with E-state index in [0.29, 0.717) is 6.54 Å². The average molecular weight is 326 g/mol. The average Bonchev–Trinajstić information content (AvgIpc) is 2.83. The first-order valence-electron chi connectivity index (χ1n) is 5.99. The summed E-state index contributed by atoms with van der Waals surface area (Å²) in [6.07, 6.45) is 1.72. The fraction of sp³-hybridized carbons (Fsp3) is 0.231. The maximum absolute atomic E-state index is 12.3. The molecule has 1 aromatic heterocycles. The number of carbonyl (C=O) groups is 1. The molecule has 0 fully saturated rings. The molecule has 0 spiro atoms. The zero-order chi connectivity index (χ0) is 15.6. The van der Waals surface area contributed by atoms with Crippen LogP contribution in [-0.2, 0) is 6.54 Å². The maximum Gasteiger partial charge on any atom is 0.288 e. The molecular formula is C13H12ClN3O3S. The Morgan fingerprint density at radius 3 is 2.81 bits per heavy atom. The van der Waals surface area contributed by atoms with E-state index in [4.69, 9.17) is 11.6 Å². The molecule has 1 heterocycles. The van der Waals surface area contributed by atoms with E-state index in [0.717, 1.165) is 9.88 Å². The minimum absolute atomic E-state index is 0.0114. The van der Waals surface area contributed by atoms with Gasteiger partial charge in [0, 0.05) is 29.8 Å². The summed E-state index contributed by atoms with van der Waals surface area (Å²) in [5.41, 5.74) is -0.0422. The van der Waals surface area contributed by atoms with Crippen molar-refractivity contribution in [3.05, 3.63) is 55.0 Å². The number of nitro groups is 1. The van der Waals surface area contributed by atoms with Gasteiger partial charge in [-0.05, 0) is 19.1 Å². The van der Waals surface area contributed by atoms with E-state index in [1.165, 1.54) is 34.4 Å². The number of hydrogen-bond donors (Lipinski definition) is 0. The van der Waals surface area contributed by atoms with Gasteiger partial charge in [-0.25, -0.2) is 4.98 Å². The van der Waals surface area contributed by atoms with E-state index in [1.54, 1.807) is 13.2 Å². The Kier molecular flexibility index (Phi) is 4.54. The first-order chi connectivity index (χ1) is 9.88. The fourth-order valence-electron chi connectivity index (χ4n) is 1.79. The molecule has 2 aromatic rings. The van der Waals surface area contributed by atoms with Crippen LogP contribution in [0.5, 0.6) is 0 Å².